The lowest BCUT2D eigenvalue weighted by Crippen LogP contribution is -2.17. The number of hydrogen-bond acceptors (Lipinski definition) is 2. The van der Waals surface area contributed by atoms with Crippen molar-refractivity contribution >= 4 is 5.78 Å². The summed E-state index contributed by atoms with van der Waals surface area (Å²) in [5, 5.41) is 0. The molecule has 1 aliphatic rings. The van der Waals surface area contributed by atoms with Crippen LogP contribution >= 0.6 is 0 Å². The standard InChI is InChI=1S/C17H24O2/c1-13-12-15(19-2)10-11-16(13)17(18)14-8-6-4-3-5-7-9-14/h10-12,14H,3-9H2,1-2H3. The van der Waals surface area contributed by atoms with E-state index in [1.165, 1.54) is 32.1 Å². The molecular weight excluding hydrogens is 236 g/mol. The van der Waals surface area contributed by atoms with Crippen molar-refractivity contribution in [2.24, 2.45) is 5.92 Å². The summed E-state index contributed by atoms with van der Waals surface area (Å²) in [5.41, 5.74) is 1.91. The maximum Gasteiger partial charge on any atom is 0.166 e. The van der Waals surface area contributed by atoms with Gasteiger partial charge >= 0.3 is 0 Å². The van der Waals surface area contributed by atoms with Crippen LogP contribution in [0.1, 0.15) is 60.9 Å². The van der Waals surface area contributed by atoms with E-state index >= 15 is 0 Å². The molecular formula is C17H24O2. The van der Waals surface area contributed by atoms with E-state index in [-0.39, 0.29) is 5.92 Å². The molecule has 0 atom stereocenters. The van der Waals surface area contributed by atoms with Crippen LogP contribution in [-0.2, 0) is 0 Å². The molecule has 104 valence electrons. The first kappa shape index (κ1) is 14.1. The fraction of sp³-hybridized carbons (Fsp3) is 0.588. The van der Waals surface area contributed by atoms with Gasteiger partial charge in [0, 0.05) is 11.5 Å². The van der Waals surface area contributed by atoms with Gasteiger partial charge in [-0.2, -0.15) is 0 Å². The molecule has 0 spiro atoms. The molecule has 1 fully saturated rings. The zero-order valence-electron chi connectivity index (χ0n) is 12.1. The summed E-state index contributed by atoms with van der Waals surface area (Å²) in [6, 6.07) is 5.77. The molecule has 0 amide bonds. The van der Waals surface area contributed by atoms with Crippen molar-refractivity contribution in [3.63, 3.8) is 0 Å². The molecule has 0 N–H and O–H groups in total. The van der Waals surface area contributed by atoms with Crippen LogP contribution in [-0.4, -0.2) is 12.9 Å². The number of benzene rings is 1. The highest BCUT2D eigenvalue weighted by atomic mass is 16.5. The average molecular weight is 260 g/mol. The minimum Gasteiger partial charge on any atom is -0.497 e. The molecule has 2 nitrogen and oxygen atoms in total. The van der Waals surface area contributed by atoms with Gasteiger partial charge in [-0.3, -0.25) is 4.79 Å². The number of rotatable bonds is 3. The van der Waals surface area contributed by atoms with Crippen LogP contribution in [0.25, 0.3) is 0 Å². The van der Waals surface area contributed by atoms with Gasteiger partial charge in [0.15, 0.2) is 5.78 Å². The first-order chi connectivity index (χ1) is 9.22. The van der Waals surface area contributed by atoms with Gasteiger partial charge in [-0.05, 0) is 43.5 Å². The normalized spacial score (nSPS) is 17.6. The van der Waals surface area contributed by atoms with Gasteiger partial charge in [-0.15, -0.1) is 0 Å². The number of Topliss-reactive ketones (excluding diaryl/α,β-unsaturated/α-hetero) is 1. The van der Waals surface area contributed by atoms with E-state index in [0.717, 1.165) is 29.7 Å². The molecule has 2 heteroatoms. The SMILES string of the molecule is COc1ccc(C(=O)C2CCCCCCC2)c(C)c1. The van der Waals surface area contributed by atoms with Crippen molar-refractivity contribution in [1.29, 1.82) is 0 Å². The van der Waals surface area contributed by atoms with Crippen LogP contribution < -0.4 is 4.74 Å². The largest absolute Gasteiger partial charge is 0.497 e. The number of carbonyl (C=O) groups is 1. The van der Waals surface area contributed by atoms with Crippen LogP contribution in [0.4, 0.5) is 0 Å². The third-order valence-electron chi connectivity index (χ3n) is 4.17. The Hall–Kier alpha value is -1.31. The van der Waals surface area contributed by atoms with E-state index in [2.05, 4.69) is 0 Å². The second-order valence-electron chi connectivity index (χ2n) is 5.59. The van der Waals surface area contributed by atoms with Gasteiger partial charge in [-0.25, -0.2) is 0 Å². The Balaban J connectivity index is 2.13. The Morgan fingerprint density at radius 3 is 2.32 bits per heavy atom. The lowest BCUT2D eigenvalue weighted by Gasteiger charge is -2.19. The highest BCUT2D eigenvalue weighted by Crippen LogP contribution is 2.27. The Kier molecular flexibility index (Phi) is 5.00. The molecule has 0 aliphatic heterocycles. The second-order valence-corrected chi connectivity index (χ2v) is 5.59. The first-order valence-electron chi connectivity index (χ1n) is 7.41. The number of hydrogen-bond donors (Lipinski definition) is 0. The van der Waals surface area contributed by atoms with Gasteiger partial charge in [0.1, 0.15) is 5.75 Å². The van der Waals surface area contributed by atoms with Crippen LogP contribution in [0, 0.1) is 12.8 Å². The molecule has 0 bridgehead atoms. The molecule has 0 radical (unpaired) electrons. The quantitative estimate of drug-likeness (QED) is 0.745. The number of carbonyl (C=O) groups excluding carboxylic acids is 1. The van der Waals surface area contributed by atoms with Crippen molar-refractivity contribution in [1.82, 2.24) is 0 Å². The van der Waals surface area contributed by atoms with Crippen LogP contribution in [0.15, 0.2) is 18.2 Å². The van der Waals surface area contributed by atoms with Crippen LogP contribution in [0.3, 0.4) is 0 Å². The Bertz CT molecular complexity index is 429. The lowest BCUT2D eigenvalue weighted by molar-refractivity contribution is 0.0897. The minimum atomic E-state index is 0.229. The Morgan fingerprint density at radius 1 is 1.11 bits per heavy atom. The van der Waals surface area contributed by atoms with E-state index < -0.39 is 0 Å². The lowest BCUT2D eigenvalue weighted by atomic mass is 9.84. The van der Waals surface area contributed by atoms with Gasteiger partial charge in [0.05, 0.1) is 7.11 Å². The van der Waals surface area contributed by atoms with E-state index in [1.54, 1.807) is 7.11 Å². The van der Waals surface area contributed by atoms with E-state index in [0.29, 0.717) is 5.78 Å². The molecule has 0 aromatic heterocycles. The molecule has 1 aliphatic carbocycles. The summed E-state index contributed by atoms with van der Waals surface area (Å²) in [7, 11) is 1.66. The Morgan fingerprint density at radius 2 is 1.74 bits per heavy atom. The van der Waals surface area contributed by atoms with Crippen molar-refractivity contribution in [3.8, 4) is 5.75 Å². The van der Waals surface area contributed by atoms with Crippen LogP contribution in [0.5, 0.6) is 5.75 Å². The maximum absolute atomic E-state index is 12.6. The zero-order valence-corrected chi connectivity index (χ0v) is 12.1. The maximum atomic E-state index is 12.6. The Labute approximate surface area is 116 Å². The van der Waals surface area contributed by atoms with Gasteiger partial charge in [-0.1, -0.05) is 32.1 Å². The molecule has 19 heavy (non-hydrogen) atoms. The number of ether oxygens (including phenoxy) is 1. The molecule has 0 heterocycles. The number of ketones is 1. The smallest absolute Gasteiger partial charge is 0.166 e. The zero-order chi connectivity index (χ0) is 13.7. The number of aryl methyl sites for hydroxylation is 1. The molecule has 1 aromatic rings. The summed E-state index contributed by atoms with van der Waals surface area (Å²) in [5.74, 6) is 1.39. The number of methoxy groups -OCH3 is 1. The van der Waals surface area contributed by atoms with Crippen molar-refractivity contribution < 1.29 is 9.53 Å². The summed E-state index contributed by atoms with van der Waals surface area (Å²) in [4.78, 5) is 12.6. The van der Waals surface area contributed by atoms with Crippen molar-refractivity contribution in [3.05, 3.63) is 29.3 Å². The molecule has 1 saturated carbocycles. The fourth-order valence-corrected chi connectivity index (χ4v) is 2.98. The van der Waals surface area contributed by atoms with Gasteiger partial charge < -0.3 is 4.74 Å². The highest BCUT2D eigenvalue weighted by molar-refractivity contribution is 5.99. The third kappa shape index (κ3) is 3.59. The summed E-state index contributed by atoms with van der Waals surface area (Å²) < 4.78 is 5.20. The van der Waals surface area contributed by atoms with Crippen molar-refractivity contribution in [2.75, 3.05) is 7.11 Å². The van der Waals surface area contributed by atoms with Gasteiger partial charge in [0.25, 0.3) is 0 Å². The minimum absolute atomic E-state index is 0.229. The topological polar surface area (TPSA) is 26.3 Å². The third-order valence-corrected chi connectivity index (χ3v) is 4.17. The van der Waals surface area contributed by atoms with Crippen molar-refractivity contribution in [2.45, 2.75) is 51.9 Å². The van der Waals surface area contributed by atoms with E-state index in [1.807, 2.05) is 25.1 Å². The van der Waals surface area contributed by atoms with Gasteiger partial charge in [0.2, 0.25) is 0 Å². The summed E-state index contributed by atoms with van der Waals surface area (Å²) in [6.07, 6.45) is 8.42. The van der Waals surface area contributed by atoms with E-state index in [4.69, 9.17) is 4.74 Å². The molecule has 0 saturated heterocycles. The molecule has 1 aromatic carbocycles. The summed E-state index contributed by atoms with van der Waals surface area (Å²) in [6.45, 7) is 2.00. The second kappa shape index (κ2) is 6.74. The average Bonchev–Trinajstić information content (AvgIpc) is 2.37. The monoisotopic (exact) mass is 260 g/mol. The first-order valence-corrected chi connectivity index (χ1v) is 7.41. The van der Waals surface area contributed by atoms with E-state index in [9.17, 15) is 4.79 Å². The molecule has 0 unspecified atom stereocenters. The molecule has 2 rings (SSSR count). The summed E-state index contributed by atoms with van der Waals surface area (Å²) >= 11 is 0. The predicted octanol–water partition coefficient (Wildman–Crippen LogP) is 4.55. The predicted molar refractivity (Wildman–Crippen MR) is 77.9 cm³/mol. The van der Waals surface area contributed by atoms with Crippen LogP contribution in [0.2, 0.25) is 0 Å². The fourth-order valence-electron chi connectivity index (χ4n) is 2.98. The highest BCUT2D eigenvalue weighted by Gasteiger charge is 2.22.